The van der Waals surface area contributed by atoms with Gasteiger partial charge in [-0.05, 0) is 42.2 Å². The highest BCUT2D eigenvalue weighted by atomic mass is 35.5. The van der Waals surface area contributed by atoms with E-state index in [4.69, 9.17) is 11.6 Å². The van der Waals surface area contributed by atoms with Crippen molar-refractivity contribution in [2.45, 2.75) is 24.5 Å². The summed E-state index contributed by atoms with van der Waals surface area (Å²) >= 11 is 6.14. The number of para-hydroxylation sites is 1. The molecular weight excluding hydrogens is 346 g/mol. The van der Waals surface area contributed by atoms with Gasteiger partial charge in [0, 0.05) is 17.1 Å². The lowest BCUT2D eigenvalue weighted by Crippen LogP contribution is -2.20. The largest absolute Gasteiger partial charge is 0.326 e. The zero-order valence-electron chi connectivity index (χ0n) is 13.0. The second-order valence-electron chi connectivity index (χ2n) is 5.87. The maximum atomic E-state index is 12.6. The lowest BCUT2D eigenvalue weighted by molar-refractivity contribution is -0.115. The van der Waals surface area contributed by atoms with Crippen LogP contribution in [0, 0.1) is 0 Å². The summed E-state index contributed by atoms with van der Waals surface area (Å²) < 4.78 is 25.3. The summed E-state index contributed by atoms with van der Waals surface area (Å²) in [6, 6.07) is 14.4. The minimum atomic E-state index is -3.40. The zero-order valence-corrected chi connectivity index (χ0v) is 14.6. The average Bonchev–Trinajstić information content (AvgIpc) is 3.00. The van der Waals surface area contributed by atoms with Crippen LogP contribution in [-0.4, -0.2) is 20.1 Å². The molecule has 1 unspecified atom stereocenters. The number of sulfone groups is 1. The SMILES string of the molecule is O=C(CCS(=O)(=O)C1CCc2c(Cl)cccc21)Nc1ccccc1. The monoisotopic (exact) mass is 363 g/mol. The second kappa shape index (κ2) is 6.95. The second-order valence-corrected chi connectivity index (χ2v) is 8.58. The molecule has 1 aliphatic rings. The molecule has 3 rings (SSSR count). The van der Waals surface area contributed by atoms with E-state index in [9.17, 15) is 13.2 Å². The molecule has 24 heavy (non-hydrogen) atoms. The van der Waals surface area contributed by atoms with Crippen molar-refractivity contribution in [2.24, 2.45) is 0 Å². The molecule has 0 spiro atoms. The molecule has 0 aliphatic heterocycles. The summed E-state index contributed by atoms with van der Waals surface area (Å²) in [5.74, 6) is -0.462. The Kier molecular flexibility index (Phi) is 4.92. The minimum Gasteiger partial charge on any atom is -0.326 e. The van der Waals surface area contributed by atoms with E-state index in [0.29, 0.717) is 23.6 Å². The highest BCUT2D eigenvalue weighted by molar-refractivity contribution is 7.91. The predicted octanol–water partition coefficient (Wildman–Crippen LogP) is 3.77. The van der Waals surface area contributed by atoms with Crippen molar-refractivity contribution >= 4 is 33.0 Å². The van der Waals surface area contributed by atoms with Crippen molar-refractivity contribution in [3.05, 3.63) is 64.7 Å². The number of nitrogens with one attached hydrogen (secondary N) is 1. The highest BCUT2D eigenvalue weighted by Crippen LogP contribution is 2.40. The number of amides is 1. The number of benzene rings is 2. The molecule has 1 amide bonds. The molecule has 1 atom stereocenters. The molecule has 6 heteroatoms. The first-order valence-corrected chi connectivity index (χ1v) is 9.90. The van der Waals surface area contributed by atoms with Gasteiger partial charge in [-0.3, -0.25) is 4.79 Å². The van der Waals surface area contributed by atoms with Crippen LogP contribution in [0.25, 0.3) is 0 Å². The fourth-order valence-electron chi connectivity index (χ4n) is 3.07. The van der Waals surface area contributed by atoms with Crippen LogP contribution in [0.15, 0.2) is 48.5 Å². The smallest absolute Gasteiger partial charge is 0.225 e. The van der Waals surface area contributed by atoms with Crippen LogP contribution in [0.1, 0.15) is 29.2 Å². The average molecular weight is 364 g/mol. The topological polar surface area (TPSA) is 63.2 Å². The van der Waals surface area contributed by atoms with E-state index in [1.54, 1.807) is 24.3 Å². The molecular formula is C18H18ClNO3S. The molecule has 2 aromatic rings. The first-order valence-electron chi connectivity index (χ1n) is 7.81. The molecule has 0 saturated heterocycles. The van der Waals surface area contributed by atoms with Crippen molar-refractivity contribution in [1.82, 2.24) is 0 Å². The first-order chi connectivity index (χ1) is 11.5. The standard InChI is InChI=1S/C18H18ClNO3S/c19-16-8-4-7-15-14(16)9-10-17(15)24(22,23)12-11-18(21)20-13-5-2-1-3-6-13/h1-8,17H,9-12H2,(H,20,21). The number of hydrogen-bond acceptors (Lipinski definition) is 3. The molecule has 0 aromatic heterocycles. The predicted molar refractivity (Wildman–Crippen MR) is 96.0 cm³/mol. The van der Waals surface area contributed by atoms with Crippen LogP contribution in [0.3, 0.4) is 0 Å². The molecule has 0 fully saturated rings. The third kappa shape index (κ3) is 3.62. The third-order valence-electron chi connectivity index (χ3n) is 4.26. The van der Waals surface area contributed by atoms with Crippen molar-refractivity contribution in [2.75, 3.05) is 11.1 Å². The number of halogens is 1. The normalized spacial score (nSPS) is 16.6. The van der Waals surface area contributed by atoms with Crippen molar-refractivity contribution in [3.63, 3.8) is 0 Å². The third-order valence-corrected chi connectivity index (χ3v) is 6.75. The van der Waals surface area contributed by atoms with Gasteiger partial charge >= 0.3 is 0 Å². The maximum Gasteiger partial charge on any atom is 0.225 e. The molecule has 0 saturated carbocycles. The van der Waals surface area contributed by atoms with E-state index >= 15 is 0 Å². The highest BCUT2D eigenvalue weighted by Gasteiger charge is 2.34. The summed E-state index contributed by atoms with van der Waals surface area (Å²) in [6.45, 7) is 0. The van der Waals surface area contributed by atoms with E-state index in [0.717, 1.165) is 11.1 Å². The number of carbonyl (C=O) groups excluding carboxylic acids is 1. The van der Waals surface area contributed by atoms with Crippen LogP contribution in [-0.2, 0) is 21.1 Å². The Hall–Kier alpha value is -1.85. The Morgan fingerprint density at radius 2 is 1.88 bits per heavy atom. The fourth-order valence-corrected chi connectivity index (χ4v) is 5.18. The molecule has 0 heterocycles. The molecule has 1 aliphatic carbocycles. The molecule has 4 nitrogen and oxygen atoms in total. The minimum absolute atomic E-state index is 0.0520. The van der Waals surface area contributed by atoms with Gasteiger partial charge < -0.3 is 5.32 Å². The number of fused-ring (bicyclic) bond motifs is 1. The van der Waals surface area contributed by atoms with Crippen LogP contribution < -0.4 is 5.32 Å². The van der Waals surface area contributed by atoms with Gasteiger partial charge in [0.25, 0.3) is 0 Å². The van der Waals surface area contributed by atoms with E-state index < -0.39 is 15.1 Å². The molecule has 1 N–H and O–H groups in total. The number of carbonyl (C=O) groups is 1. The lowest BCUT2D eigenvalue weighted by atomic mass is 10.1. The van der Waals surface area contributed by atoms with Gasteiger partial charge in [0.1, 0.15) is 0 Å². The Morgan fingerprint density at radius 1 is 1.12 bits per heavy atom. The Balaban J connectivity index is 1.66. The van der Waals surface area contributed by atoms with Crippen molar-refractivity contribution < 1.29 is 13.2 Å². The lowest BCUT2D eigenvalue weighted by Gasteiger charge is -2.13. The van der Waals surface area contributed by atoms with Gasteiger partial charge in [-0.1, -0.05) is 41.9 Å². The van der Waals surface area contributed by atoms with Crippen LogP contribution in [0.2, 0.25) is 5.02 Å². The van der Waals surface area contributed by atoms with Crippen LogP contribution >= 0.6 is 11.6 Å². The Morgan fingerprint density at radius 3 is 2.62 bits per heavy atom. The van der Waals surface area contributed by atoms with Gasteiger partial charge in [0.2, 0.25) is 5.91 Å². The van der Waals surface area contributed by atoms with Gasteiger partial charge in [-0.25, -0.2) is 8.42 Å². The summed E-state index contributed by atoms with van der Waals surface area (Å²) in [7, 11) is -3.40. The van der Waals surface area contributed by atoms with Crippen LogP contribution in [0.4, 0.5) is 5.69 Å². The quantitative estimate of drug-likeness (QED) is 0.879. The molecule has 126 valence electrons. The maximum absolute atomic E-state index is 12.6. The molecule has 0 bridgehead atoms. The number of rotatable bonds is 5. The van der Waals surface area contributed by atoms with E-state index in [-0.39, 0.29) is 18.1 Å². The van der Waals surface area contributed by atoms with E-state index in [2.05, 4.69) is 5.32 Å². The van der Waals surface area contributed by atoms with Gasteiger partial charge in [-0.15, -0.1) is 0 Å². The van der Waals surface area contributed by atoms with Gasteiger partial charge in [0.05, 0.1) is 11.0 Å². The summed E-state index contributed by atoms with van der Waals surface area (Å²) in [4.78, 5) is 12.0. The fraction of sp³-hybridized carbons (Fsp3) is 0.278. The zero-order chi connectivity index (χ0) is 17.2. The summed E-state index contributed by atoms with van der Waals surface area (Å²) in [5.41, 5.74) is 2.37. The Labute approximate surface area is 146 Å². The van der Waals surface area contributed by atoms with Gasteiger partial charge in [-0.2, -0.15) is 0 Å². The van der Waals surface area contributed by atoms with E-state index in [1.165, 1.54) is 0 Å². The Bertz CT molecular complexity index is 850. The first kappa shape index (κ1) is 17.0. The van der Waals surface area contributed by atoms with Crippen LogP contribution in [0.5, 0.6) is 0 Å². The van der Waals surface area contributed by atoms with Gasteiger partial charge in [0.15, 0.2) is 9.84 Å². The molecule has 0 radical (unpaired) electrons. The summed E-state index contributed by atoms with van der Waals surface area (Å²) in [6.07, 6.45) is 1.14. The summed E-state index contributed by atoms with van der Waals surface area (Å²) in [5, 5.41) is 2.77. The van der Waals surface area contributed by atoms with E-state index in [1.807, 2.05) is 24.3 Å². The number of anilines is 1. The number of hydrogen-bond donors (Lipinski definition) is 1. The molecule has 2 aromatic carbocycles. The van der Waals surface area contributed by atoms with Crippen molar-refractivity contribution in [3.8, 4) is 0 Å². The van der Waals surface area contributed by atoms with Crippen molar-refractivity contribution in [1.29, 1.82) is 0 Å².